The third-order valence-corrected chi connectivity index (χ3v) is 4.51. The molecule has 4 heteroatoms. The molecule has 2 unspecified atom stereocenters. The Morgan fingerprint density at radius 2 is 1.86 bits per heavy atom. The van der Waals surface area contributed by atoms with Crippen LogP contribution in [-0.4, -0.2) is 15.6 Å². The van der Waals surface area contributed by atoms with E-state index in [9.17, 15) is 4.79 Å². The maximum Gasteiger partial charge on any atom is 0.232 e. The van der Waals surface area contributed by atoms with E-state index in [0.717, 1.165) is 6.42 Å². The van der Waals surface area contributed by atoms with Gasteiger partial charge in [0.2, 0.25) is 5.91 Å². The number of carbonyl (C=O) groups is 1. The van der Waals surface area contributed by atoms with Crippen LogP contribution >= 0.6 is 31.9 Å². The largest absolute Gasteiger partial charge is 0.369 e. The molecule has 0 aromatic heterocycles. The third-order valence-electron chi connectivity index (χ3n) is 1.86. The molecule has 1 aromatic rings. The Morgan fingerprint density at radius 3 is 2.36 bits per heavy atom. The monoisotopic (exact) mass is 319 g/mol. The molecule has 2 nitrogen and oxygen atoms in total. The normalized spacial score (nSPS) is 14.7. The minimum absolute atomic E-state index is 0.0300. The molecule has 0 aliphatic rings. The minimum atomic E-state index is -0.345. The molecule has 0 radical (unpaired) electrons. The Hall–Kier alpha value is -0.350. The van der Waals surface area contributed by atoms with Crippen LogP contribution in [0.5, 0.6) is 0 Å². The van der Waals surface area contributed by atoms with Crippen molar-refractivity contribution in [2.24, 2.45) is 5.73 Å². The summed E-state index contributed by atoms with van der Waals surface area (Å²) in [5.74, 6) is -0.345. The van der Waals surface area contributed by atoms with Gasteiger partial charge in [-0.05, 0) is 12.0 Å². The summed E-state index contributed by atoms with van der Waals surface area (Å²) in [6.45, 7) is 0. The van der Waals surface area contributed by atoms with E-state index in [4.69, 9.17) is 5.73 Å². The summed E-state index contributed by atoms with van der Waals surface area (Å²) in [7, 11) is 0. The molecule has 1 amide bonds. The van der Waals surface area contributed by atoms with Crippen molar-refractivity contribution in [3.05, 3.63) is 35.9 Å². The Bertz CT molecular complexity index is 302. The second-order valence-corrected chi connectivity index (χ2v) is 5.17. The van der Waals surface area contributed by atoms with E-state index in [1.807, 2.05) is 30.3 Å². The zero-order chi connectivity index (χ0) is 10.6. The predicted octanol–water partition coefficient (Wildman–Crippen LogP) is 2.24. The van der Waals surface area contributed by atoms with Gasteiger partial charge in [0.05, 0.1) is 0 Å². The number of alkyl halides is 2. The van der Waals surface area contributed by atoms with Crippen molar-refractivity contribution in [1.82, 2.24) is 0 Å². The predicted molar refractivity (Wildman–Crippen MR) is 64.8 cm³/mol. The first kappa shape index (κ1) is 11.7. The molecule has 0 saturated carbocycles. The lowest BCUT2D eigenvalue weighted by Crippen LogP contribution is -2.31. The molecule has 2 N–H and O–H groups in total. The van der Waals surface area contributed by atoms with Gasteiger partial charge >= 0.3 is 0 Å². The number of hydrogen-bond acceptors (Lipinski definition) is 1. The molecule has 2 atom stereocenters. The summed E-state index contributed by atoms with van der Waals surface area (Å²) in [6, 6.07) is 9.96. The Balaban J connectivity index is 2.57. The maximum absolute atomic E-state index is 10.9. The summed E-state index contributed by atoms with van der Waals surface area (Å²) in [6.07, 6.45) is 0.777. The highest BCUT2D eigenvalue weighted by molar-refractivity contribution is 9.12. The molecule has 0 aliphatic carbocycles. The van der Waals surface area contributed by atoms with Gasteiger partial charge in [-0.25, -0.2) is 0 Å². The fourth-order valence-corrected chi connectivity index (χ4v) is 1.94. The standard InChI is InChI=1S/C10H11Br2NO/c11-8(9(12)10(13)14)6-7-4-2-1-3-5-7/h1-5,8-9H,6H2,(H2,13,14). The van der Waals surface area contributed by atoms with Crippen LogP contribution in [-0.2, 0) is 11.2 Å². The molecule has 0 spiro atoms. The lowest BCUT2D eigenvalue weighted by Gasteiger charge is -2.13. The van der Waals surface area contributed by atoms with Crippen molar-refractivity contribution < 1.29 is 4.79 Å². The maximum atomic E-state index is 10.9. The second kappa shape index (κ2) is 5.51. The highest BCUT2D eigenvalue weighted by atomic mass is 79.9. The molecule has 0 fully saturated rings. The average molecular weight is 321 g/mol. The fraction of sp³-hybridized carbons (Fsp3) is 0.300. The van der Waals surface area contributed by atoms with Gasteiger partial charge in [-0.1, -0.05) is 62.2 Å². The lowest BCUT2D eigenvalue weighted by molar-refractivity contribution is -0.117. The molecule has 1 aromatic carbocycles. The van der Waals surface area contributed by atoms with Crippen molar-refractivity contribution in [1.29, 1.82) is 0 Å². The highest BCUT2D eigenvalue weighted by Gasteiger charge is 2.20. The fourth-order valence-electron chi connectivity index (χ4n) is 1.12. The molecule has 0 bridgehead atoms. The molecular weight excluding hydrogens is 310 g/mol. The summed E-state index contributed by atoms with van der Waals surface area (Å²) in [5, 5.41) is 0. The summed E-state index contributed by atoms with van der Waals surface area (Å²) in [4.78, 5) is 10.6. The van der Waals surface area contributed by atoms with E-state index in [1.54, 1.807) is 0 Å². The zero-order valence-corrected chi connectivity index (χ0v) is 10.7. The summed E-state index contributed by atoms with van der Waals surface area (Å²) in [5.41, 5.74) is 6.36. The van der Waals surface area contributed by atoms with Gasteiger partial charge in [0.25, 0.3) is 0 Å². The molecule has 0 saturated heterocycles. The first-order chi connectivity index (χ1) is 6.61. The van der Waals surface area contributed by atoms with Crippen LogP contribution in [0.3, 0.4) is 0 Å². The molecule has 0 aliphatic heterocycles. The smallest absolute Gasteiger partial charge is 0.232 e. The number of halogens is 2. The van der Waals surface area contributed by atoms with Gasteiger partial charge in [-0.3, -0.25) is 4.79 Å². The first-order valence-corrected chi connectivity index (χ1v) is 6.06. The number of benzene rings is 1. The van der Waals surface area contributed by atoms with Crippen LogP contribution in [0, 0.1) is 0 Å². The quantitative estimate of drug-likeness (QED) is 0.849. The highest BCUT2D eigenvalue weighted by Crippen LogP contribution is 2.18. The van der Waals surface area contributed by atoms with Crippen LogP contribution in [0.4, 0.5) is 0 Å². The summed E-state index contributed by atoms with van der Waals surface area (Å²) < 4.78 is 0. The second-order valence-electron chi connectivity index (χ2n) is 3.01. The van der Waals surface area contributed by atoms with E-state index in [-0.39, 0.29) is 15.6 Å². The number of carbonyl (C=O) groups excluding carboxylic acids is 1. The number of amides is 1. The van der Waals surface area contributed by atoms with Crippen LogP contribution in [0.2, 0.25) is 0 Å². The number of hydrogen-bond donors (Lipinski definition) is 1. The van der Waals surface area contributed by atoms with Crippen LogP contribution < -0.4 is 5.73 Å². The Labute approximate surface area is 100 Å². The molecular formula is C10H11Br2NO. The van der Waals surface area contributed by atoms with Crippen molar-refractivity contribution in [3.63, 3.8) is 0 Å². The van der Waals surface area contributed by atoms with Gasteiger partial charge in [0.1, 0.15) is 4.83 Å². The lowest BCUT2D eigenvalue weighted by atomic mass is 10.1. The van der Waals surface area contributed by atoms with Crippen molar-refractivity contribution in [2.75, 3.05) is 0 Å². The molecule has 0 heterocycles. The SMILES string of the molecule is NC(=O)C(Br)C(Br)Cc1ccccc1. The minimum Gasteiger partial charge on any atom is -0.369 e. The van der Waals surface area contributed by atoms with E-state index in [0.29, 0.717) is 0 Å². The van der Waals surface area contributed by atoms with Crippen LogP contribution in [0.25, 0.3) is 0 Å². The van der Waals surface area contributed by atoms with Crippen LogP contribution in [0.1, 0.15) is 5.56 Å². The van der Waals surface area contributed by atoms with Crippen molar-refractivity contribution >= 4 is 37.8 Å². The van der Waals surface area contributed by atoms with Crippen molar-refractivity contribution in [2.45, 2.75) is 16.1 Å². The van der Waals surface area contributed by atoms with E-state index in [1.165, 1.54) is 5.56 Å². The van der Waals surface area contributed by atoms with Gasteiger partial charge in [0.15, 0.2) is 0 Å². The zero-order valence-electron chi connectivity index (χ0n) is 7.49. The summed E-state index contributed by atoms with van der Waals surface area (Å²) >= 11 is 6.68. The average Bonchev–Trinajstić information content (AvgIpc) is 2.18. The van der Waals surface area contributed by atoms with Crippen molar-refractivity contribution in [3.8, 4) is 0 Å². The number of nitrogens with two attached hydrogens (primary N) is 1. The van der Waals surface area contributed by atoms with E-state index in [2.05, 4.69) is 31.9 Å². The van der Waals surface area contributed by atoms with Gasteiger partial charge in [-0.2, -0.15) is 0 Å². The van der Waals surface area contributed by atoms with E-state index < -0.39 is 0 Å². The van der Waals surface area contributed by atoms with Gasteiger partial charge in [-0.15, -0.1) is 0 Å². The Morgan fingerprint density at radius 1 is 1.29 bits per heavy atom. The topological polar surface area (TPSA) is 43.1 Å². The molecule has 1 rings (SSSR count). The number of primary amides is 1. The third kappa shape index (κ3) is 3.42. The number of rotatable bonds is 4. The first-order valence-electron chi connectivity index (χ1n) is 4.22. The van der Waals surface area contributed by atoms with E-state index >= 15 is 0 Å². The molecule has 14 heavy (non-hydrogen) atoms. The van der Waals surface area contributed by atoms with Crippen LogP contribution in [0.15, 0.2) is 30.3 Å². The van der Waals surface area contributed by atoms with Gasteiger partial charge in [0, 0.05) is 4.83 Å². The van der Waals surface area contributed by atoms with Gasteiger partial charge < -0.3 is 5.73 Å². The molecule has 76 valence electrons. The Kier molecular flexibility index (Phi) is 4.62.